The predicted octanol–water partition coefficient (Wildman–Crippen LogP) is 1.95. The number of amides is 1. The van der Waals surface area contributed by atoms with Gasteiger partial charge in [0.2, 0.25) is 0 Å². The molecule has 76 valence electrons. The van der Waals surface area contributed by atoms with Crippen LogP contribution in [0.4, 0.5) is 0 Å². The molecular weight excluding hydrogens is 190 g/mol. The van der Waals surface area contributed by atoms with Crippen molar-refractivity contribution in [3.63, 3.8) is 0 Å². The smallest absolute Gasteiger partial charge is 0.252 e. The van der Waals surface area contributed by atoms with E-state index < -0.39 is 5.91 Å². The van der Waals surface area contributed by atoms with Crippen molar-refractivity contribution in [2.24, 2.45) is 5.73 Å². The first-order chi connectivity index (χ1) is 7.11. The first-order valence-electron chi connectivity index (χ1n) is 4.62. The Morgan fingerprint density at radius 1 is 1.33 bits per heavy atom. The van der Waals surface area contributed by atoms with Crippen molar-refractivity contribution < 1.29 is 9.90 Å². The van der Waals surface area contributed by atoms with Gasteiger partial charge in [-0.3, -0.25) is 4.79 Å². The molecule has 3 nitrogen and oxygen atoms in total. The van der Waals surface area contributed by atoms with Crippen LogP contribution in [-0.2, 0) is 0 Å². The lowest BCUT2D eigenvalue weighted by molar-refractivity contribution is 0.0998. The summed E-state index contributed by atoms with van der Waals surface area (Å²) in [6.45, 7) is 1.77. The Bertz CT molecular complexity index is 547. The number of phenols is 1. The van der Waals surface area contributed by atoms with E-state index in [1.54, 1.807) is 13.0 Å². The van der Waals surface area contributed by atoms with Crippen LogP contribution in [0.15, 0.2) is 30.3 Å². The molecule has 2 rings (SSSR count). The molecule has 1 amide bonds. The lowest BCUT2D eigenvalue weighted by Gasteiger charge is -2.08. The first kappa shape index (κ1) is 9.52. The van der Waals surface area contributed by atoms with Gasteiger partial charge in [0.15, 0.2) is 0 Å². The maximum absolute atomic E-state index is 11.1. The third-order valence-electron chi connectivity index (χ3n) is 2.54. The number of carbonyl (C=O) groups excluding carboxylic acids is 1. The normalized spacial score (nSPS) is 10.5. The molecule has 0 saturated carbocycles. The zero-order valence-corrected chi connectivity index (χ0v) is 8.32. The zero-order valence-electron chi connectivity index (χ0n) is 8.32. The highest BCUT2D eigenvalue weighted by atomic mass is 16.3. The average Bonchev–Trinajstić information content (AvgIpc) is 2.23. The second-order valence-corrected chi connectivity index (χ2v) is 3.48. The number of aryl methyl sites for hydroxylation is 1. The Morgan fingerprint density at radius 3 is 2.67 bits per heavy atom. The predicted molar refractivity (Wildman–Crippen MR) is 58.9 cm³/mol. The highest BCUT2D eigenvalue weighted by Gasteiger charge is 2.12. The van der Waals surface area contributed by atoms with Crippen LogP contribution in [0.25, 0.3) is 10.8 Å². The highest BCUT2D eigenvalue weighted by molar-refractivity contribution is 6.02. The van der Waals surface area contributed by atoms with Crippen molar-refractivity contribution in [2.75, 3.05) is 0 Å². The molecule has 0 saturated heterocycles. The molecule has 0 aromatic heterocycles. The molecule has 0 aliphatic carbocycles. The number of carbonyl (C=O) groups is 1. The standard InChI is InChI=1S/C12H11NO2/c1-7-9-5-3-2-4-8(9)6-10(11(7)14)12(13)15/h2-6,14H,1H3,(H2,13,15). The third kappa shape index (κ3) is 1.42. The molecule has 0 bridgehead atoms. The van der Waals surface area contributed by atoms with Gasteiger partial charge in [0.1, 0.15) is 5.75 Å². The molecule has 3 heteroatoms. The molecule has 0 unspecified atom stereocenters. The van der Waals surface area contributed by atoms with Crippen LogP contribution >= 0.6 is 0 Å². The Balaban J connectivity index is 2.88. The van der Waals surface area contributed by atoms with Crippen molar-refractivity contribution >= 4 is 16.7 Å². The van der Waals surface area contributed by atoms with Crippen LogP contribution in [0, 0.1) is 6.92 Å². The van der Waals surface area contributed by atoms with Gasteiger partial charge in [0, 0.05) is 0 Å². The highest BCUT2D eigenvalue weighted by Crippen LogP contribution is 2.29. The minimum Gasteiger partial charge on any atom is -0.507 e. The van der Waals surface area contributed by atoms with Gasteiger partial charge in [0.05, 0.1) is 5.56 Å². The van der Waals surface area contributed by atoms with Crippen LogP contribution in [0.3, 0.4) is 0 Å². The zero-order chi connectivity index (χ0) is 11.0. The van der Waals surface area contributed by atoms with Crippen molar-refractivity contribution in [3.8, 4) is 5.75 Å². The van der Waals surface area contributed by atoms with E-state index in [1.807, 2.05) is 24.3 Å². The van der Waals surface area contributed by atoms with E-state index in [1.165, 1.54) is 0 Å². The molecular formula is C12H11NO2. The van der Waals surface area contributed by atoms with Crippen LogP contribution < -0.4 is 5.73 Å². The molecule has 2 aromatic carbocycles. The summed E-state index contributed by atoms with van der Waals surface area (Å²) >= 11 is 0. The molecule has 15 heavy (non-hydrogen) atoms. The molecule has 0 radical (unpaired) electrons. The summed E-state index contributed by atoms with van der Waals surface area (Å²) in [5.41, 5.74) is 6.03. The van der Waals surface area contributed by atoms with E-state index in [0.717, 1.165) is 10.8 Å². The summed E-state index contributed by atoms with van der Waals surface area (Å²) in [4.78, 5) is 11.1. The van der Waals surface area contributed by atoms with Crippen molar-refractivity contribution in [2.45, 2.75) is 6.92 Å². The molecule has 0 fully saturated rings. The second-order valence-electron chi connectivity index (χ2n) is 3.48. The average molecular weight is 201 g/mol. The largest absolute Gasteiger partial charge is 0.507 e. The topological polar surface area (TPSA) is 63.3 Å². The monoisotopic (exact) mass is 201 g/mol. The number of nitrogens with two attached hydrogens (primary N) is 1. The fraction of sp³-hybridized carbons (Fsp3) is 0.0833. The Hall–Kier alpha value is -2.03. The van der Waals surface area contributed by atoms with Gasteiger partial charge in [-0.05, 0) is 29.3 Å². The van der Waals surface area contributed by atoms with E-state index in [9.17, 15) is 9.90 Å². The van der Waals surface area contributed by atoms with Crippen LogP contribution in [-0.4, -0.2) is 11.0 Å². The quantitative estimate of drug-likeness (QED) is 0.740. The Morgan fingerprint density at radius 2 is 2.00 bits per heavy atom. The fourth-order valence-electron chi connectivity index (χ4n) is 1.71. The van der Waals surface area contributed by atoms with Crippen molar-refractivity contribution in [3.05, 3.63) is 41.5 Å². The molecule has 2 aromatic rings. The second kappa shape index (κ2) is 3.28. The van der Waals surface area contributed by atoms with E-state index in [-0.39, 0.29) is 11.3 Å². The lowest BCUT2D eigenvalue weighted by atomic mass is 10.00. The minimum absolute atomic E-state index is 0.0267. The summed E-state index contributed by atoms with van der Waals surface area (Å²) in [7, 11) is 0. The van der Waals surface area contributed by atoms with Crippen LogP contribution in [0.5, 0.6) is 5.75 Å². The van der Waals surface area contributed by atoms with Crippen LogP contribution in [0.2, 0.25) is 0 Å². The van der Waals surface area contributed by atoms with Gasteiger partial charge in [-0.15, -0.1) is 0 Å². The van der Waals surface area contributed by atoms with Gasteiger partial charge in [-0.1, -0.05) is 24.3 Å². The van der Waals surface area contributed by atoms with E-state index >= 15 is 0 Å². The Labute approximate surface area is 87.1 Å². The fourth-order valence-corrected chi connectivity index (χ4v) is 1.71. The summed E-state index contributed by atoms with van der Waals surface area (Å²) in [6, 6.07) is 9.16. The maximum Gasteiger partial charge on any atom is 0.252 e. The molecule has 0 aliphatic heterocycles. The number of aromatic hydroxyl groups is 1. The van der Waals surface area contributed by atoms with Crippen molar-refractivity contribution in [1.82, 2.24) is 0 Å². The lowest BCUT2D eigenvalue weighted by Crippen LogP contribution is -2.11. The van der Waals surface area contributed by atoms with E-state index in [2.05, 4.69) is 0 Å². The van der Waals surface area contributed by atoms with Gasteiger partial charge < -0.3 is 10.8 Å². The van der Waals surface area contributed by atoms with Gasteiger partial charge in [-0.25, -0.2) is 0 Å². The molecule has 0 aliphatic rings. The third-order valence-corrected chi connectivity index (χ3v) is 2.54. The van der Waals surface area contributed by atoms with Gasteiger partial charge >= 0.3 is 0 Å². The summed E-state index contributed by atoms with van der Waals surface area (Å²) in [5.74, 6) is -0.637. The van der Waals surface area contributed by atoms with Crippen LogP contribution in [0.1, 0.15) is 15.9 Å². The summed E-state index contributed by atoms with van der Waals surface area (Å²) in [6.07, 6.45) is 0. The number of hydrogen-bond donors (Lipinski definition) is 2. The summed E-state index contributed by atoms with van der Waals surface area (Å²) < 4.78 is 0. The van der Waals surface area contributed by atoms with Crippen molar-refractivity contribution in [1.29, 1.82) is 0 Å². The van der Waals surface area contributed by atoms with Gasteiger partial charge in [0.25, 0.3) is 5.91 Å². The van der Waals surface area contributed by atoms with E-state index in [0.29, 0.717) is 5.56 Å². The number of primary amides is 1. The molecule has 3 N–H and O–H groups in total. The SMILES string of the molecule is Cc1c(O)c(C(N)=O)cc2ccccc12. The first-order valence-corrected chi connectivity index (χ1v) is 4.62. The number of rotatable bonds is 1. The minimum atomic E-state index is -0.610. The number of hydrogen-bond acceptors (Lipinski definition) is 2. The molecule has 0 heterocycles. The molecule has 0 spiro atoms. The van der Waals surface area contributed by atoms with Gasteiger partial charge in [-0.2, -0.15) is 0 Å². The number of benzene rings is 2. The molecule has 0 atom stereocenters. The summed E-state index contributed by atoms with van der Waals surface area (Å²) in [5, 5.41) is 11.6. The Kier molecular flexibility index (Phi) is 2.08. The number of fused-ring (bicyclic) bond motifs is 1. The van der Waals surface area contributed by atoms with E-state index in [4.69, 9.17) is 5.73 Å². The maximum atomic E-state index is 11.1.